The zero-order valence-electron chi connectivity index (χ0n) is 24.4. The monoisotopic (exact) mass is 570 g/mol. The van der Waals surface area contributed by atoms with E-state index in [2.05, 4.69) is 158 Å². The number of benzene rings is 9. The van der Waals surface area contributed by atoms with Crippen LogP contribution in [0.4, 0.5) is 0 Å². The SMILES string of the molecule is c1ccc2c(-c3c4ccccc4cc4ccc5cc(-c6ccc7c(c6)-c6cccc8cccc(c68)O7)ccc5c34)cccc2c1. The van der Waals surface area contributed by atoms with E-state index in [4.69, 9.17) is 4.74 Å². The number of hydrogen-bond acceptors (Lipinski definition) is 1. The van der Waals surface area contributed by atoms with E-state index in [1.807, 2.05) is 0 Å². The lowest BCUT2D eigenvalue weighted by Gasteiger charge is -2.22. The van der Waals surface area contributed by atoms with Crippen LogP contribution in [0.3, 0.4) is 0 Å². The molecule has 0 aromatic heterocycles. The molecule has 10 rings (SSSR count). The van der Waals surface area contributed by atoms with Crippen molar-refractivity contribution >= 4 is 53.9 Å². The minimum atomic E-state index is 0.906. The van der Waals surface area contributed by atoms with Crippen molar-refractivity contribution < 1.29 is 4.74 Å². The molecule has 1 heterocycles. The van der Waals surface area contributed by atoms with Crippen molar-refractivity contribution in [3.63, 3.8) is 0 Å². The second-order valence-corrected chi connectivity index (χ2v) is 12.1. The molecule has 45 heavy (non-hydrogen) atoms. The summed E-state index contributed by atoms with van der Waals surface area (Å²) >= 11 is 0. The highest BCUT2D eigenvalue weighted by atomic mass is 16.5. The van der Waals surface area contributed by atoms with Gasteiger partial charge in [-0.05, 0) is 107 Å². The smallest absolute Gasteiger partial charge is 0.135 e. The highest BCUT2D eigenvalue weighted by Crippen LogP contribution is 2.48. The molecule has 0 bridgehead atoms. The second kappa shape index (κ2) is 9.29. The Labute approximate surface area is 260 Å². The molecule has 0 spiro atoms. The Balaban J connectivity index is 1.21. The fraction of sp³-hybridized carbons (Fsp3) is 0. The third kappa shape index (κ3) is 3.62. The lowest BCUT2D eigenvalue weighted by Crippen LogP contribution is -1.97. The summed E-state index contributed by atoms with van der Waals surface area (Å²) in [7, 11) is 0. The fourth-order valence-electron chi connectivity index (χ4n) is 7.54. The van der Waals surface area contributed by atoms with Crippen molar-refractivity contribution in [2.75, 3.05) is 0 Å². The van der Waals surface area contributed by atoms with Crippen molar-refractivity contribution in [2.45, 2.75) is 0 Å². The number of rotatable bonds is 2. The van der Waals surface area contributed by atoms with Crippen LogP contribution < -0.4 is 4.74 Å². The van der Waals surface area contributed by atoms with Gasteiger partial charge in [-0.15, -0.1) is 0 Å². The summed E-state index contributed by atoms with van der Waals surface area (Å²) in [6.07, 6.45) is 0. The molecule has 208 valence electrons. The maximum absolute atomic E-state index is 6.38. The minimum Gasteiger partial charge on any atom is -0.456 e. The molecule has 1 heteroatoms. The molecule has 0 atom stereocenters. The van der Waals surface area contributed by atoms with Crippen LogP contribution in [0.1, 0.15) is 0 Å². The van der Waals surface area contributed by atoms with Gasteiger partial charge >= 0.3 is 0 Å². The molecule has 9 aromatic rings. The predicted molar refractivity (Wildman–Crippen MR) is 190 cm³/mol. The van der Waals surface area contributed by atoms with Crippen LogP contribution in [0.5, 0.6) is 11.5 Å². The number of hydrogen-bond donors (Lipinski definition) is 0. The van der Waals surface area contributed by atoms with Crippen molar-refractivity contribution in [3.05, 3.63) is 158 Å². The summed E-state index contributed by atoms with van der Waals surface area (Å²) in [6, 6.07) is 57.4. The van der Waals surface area contributed by atoms with Gasteiger partial charge in [0.25, 0.3) is 0 Å². The van der Waals surface area contributed by atoms with E-state index < -0.39 is 0 Å². The quantitative estimate of drug-likeness (QED) is 0.148. The third-order valence-corrected chi connectivity index (χ3v) is 9.59. The van der Waals surface area contributed by atoms with E-state index in [9.17, 15) is 0 Å². The molecular formula is C44H26O. The molecule has 0 fully saturated rings. The summed E-state index contributed by atoms with van der Waals surface area (Å²) < 4.78 is 6.38. The molecule has 9 aromatic carbocycles. The Morgan fingerprint density at radius 2 is 0.978 bits per heavy atom. The normalized spacial score (nSPS) is 12.2. The van der Waals surface area contributed by atoms with Gasteiger partial charge in [-0.25, -0.2) is 0 Å². The first kappa shape index (κ1) is 24.5. The van der Waals surface area contributed by atoms with E-state index in [0.717, 1.165) is 17.1 Å². The largest absolute Gasteiger partial charge is 0.456 e. The Morgan fingerprint density at radius 1 is 0.311 bits per heavy atom. The number of ether oxygens (including phenoxy) is 1. The molecule has 0 aliphatic carbocycles. The molecule has 0 N–H and O–H groups in total. The van der Waals surface area contributed by atoms with Gasteiger partial charge in [-0.1, -0.05) is 127 Å². The van der Waals surface area contributed by atoms with Crippen molar-refractivity contribution in [3.8, 4) is 44.9 Å². The molecular weight excluding hydrogens is 544 g/mol. The highest BCUT2D eigenvalue weighted by Gasteiger charge is 2.21. The van der Waals surface area contributed by atoms with Crippen LogP contribution >= 0.6 is 0 Å². The van der Waals surface area contributed by atoms with E-state index in [1.165, 1.54) is 81.7 Å². The number of fused-ring (bicyclic) bond motifs is 7. The second-order valence-electron chi connectivity index (χ2n) is 12.1. The van der Waals surface area contributed by atoms with Gasteiger partial charge in [0.1, 0.15) is 11.5 Å². The van der Waals surface area contributed by atoms with E-state index in [1.54, 1.807) is 0 Å². The Kier molecular flexibility index (Phi) is 5.06. The summed E-state index contributed by atoms with van der Waals surface area (Å²) in [6.45, 7) is 0. The van der Waals surface area contributed by atoms with Gasteiger partial charge < -0.3 is 4.74 Å². The third-order valence-electron chi connectivity index (χ3n) is 9.59. The van der Waals surface area contributed by atoms with Gasteiger partial charge in [0.05, 0.1) is 0 Å². The lowest BCUT2D eigenvalue weighted by atomic mass is 9.86. The van der Waals surface area contributed by atoms with Gasteiger partial charge in [0.2, 0.25) is 0 Å². The molecule has 0 amide bonds. The Hall–Kier alpha value is -5.92. The first-order valence-corrected chi connectivity index (χ1v) is 15.5. The maximum atomic E-state index is 6.38. The molecule has 0 saturated heterocycles. The highest BCUT2D eigenvalue weighted by molar-refractivity contribution is 6.24. The zero-order valence-corrected chi connectivity index (χ0v) is 24.4. The van der Waals surface area contributed by atoms with Gasteiger partial charge in [-0.3, -0.25) is 0 Å². The molecule has 0 unspecified atom stereocenters. The molecule has 1 aliphatic rings. The average molecular weight is 571 g/mol. The summed E-state index contributed by atoms with van der Waals surface area (Å²) in [5.74, 6) is 1.83. The lowest BCUT2D eigenvalue weighted by molar-refractivity contribution is 0.487. The Morgan fingerprint density at radius 3 is 1.89 bits per heavy atom. The summed E-state index contributed by atoms with van der Waals surface area (Å²) in [5, 5.41) is 12.5. The van der Waals surface area contributed by atoms with Crippen molar-refractivity contribution in [1.82, 2.24) is 0 Å². The van der Waals surface area contributed by atoms with Crippen molar-refractivity contribution in [2.24, 2.45) is 0 Å². The van der Waals surface area contributed by atoms with E-state index >= 15 is 0 Å². The summed E-state index contributed by atoms with van der Waals surface area (Å²) in [5.41, 5.74) is 7.32. The molecule has 1 aliphatic heterocycles. The Bertz CT molecular complexity index is 2670. The molecule has 1 nitrogen and oxygen atoms in total. The van der Waals surface area contributed by atoms with Crippen LogP contribution in [0.15, 0.2) is 158 Å². The minimum absolute atomic E-state index is 0.906. The van der Waals surface area contributed by atoms with Crippen LogP contribution in [0, 0.1) is 0 Å². The first-order valence-electron chi connectivity index (χ1n) is 15.5. The van der Waals surface area contributed by atoms with Crippen LogP contribution in [0.25, 0.3) is 87.2 Å². The van der Waals surface area contributed by atoms with Crippen LogP contribution in [-0.4, -0.2) is 0 Å². The fourth-order valence-corrected chi connectivity index (χ4v) is 7.54. The van der Waals surface area contributed by atoms with E-state index in [0.29, 0.717) is 0 Å². The van der Waals surface area contributed by atoms with Crippen LogP contribution in [0.2, 0.25) is 0 Å². The molecule has 0 radical (unpaired) electrons. The van der Waals surface area contributed by atoms with Crippen LogP contribution in [-0.2, 0) is 0 Å². The standard InChI is InChI=1S/C44H26O/c1-3-13-34-27(8-1)10-5-15-37(34)44-35-14-4-2-9-31(35)25-33-19-18-32-24-29(20-22-36(32)43(33)44)30-21-23-40-39(26-30)38-16-6-11-28-12-7-17-41(45-40)42(28)38/h1-26H. The van der Waals surface area contributed by atoms with Gasteiger partial charge in [0, 0.05) is 10.9 Å². The van der Waals surface area contributed by atoms with Gasteiger partial charge in [0.15, 0.2) is 0 Å². The average Bonchev–Trinajstić information content (AvgIpc) is 3.10. The predicted octanol–water partition coefficient (Wildman–Crippen LogP) is 12.6. The van der Waals surface area contributed by atoms with Crippen molar-refractivity contribution in [1.29, 1.82) is 0 Å². The zero-order chi connectivity index (χ0) is 29.5. The summed E-state index contributed by atoms with van der Waals surface area (Å²) in [4.78, 5) is 0. The van der Waals surface area contributed by atoms with E-state index in [-0.39, 0.29) is 0 Å². The topological polar surface area (TPSA) is 9.23 Å². The first-order chi connectivity index (χ1) is 22.3. The molecule has 0 saturated carbocycles. The van der Waals surface area contributed by atoms with Gasteiger partial charge in [-0.2, -0.15) is 0 Å². The maximum Gasteiger partial charge on any atom is 0.135 e.